The van der Waals surface area contributed by atoms with Gasteiger partial charge >= 0.3 is 0 Å². The van der Waals surface area contributed by atoms with Crippen LogP contribution in [0.15, 0.2) is 48.5 Å². The maximum atomic E-state index is 12.8. The van der Waals surface area contributed by atoms with E-state index in [2.05, 4.69) is 31.4 Å². The fraction of sp³-hybridized carbons (Fsp3) is 0.375. The highest BCUT2D eigenvalue weighted by atomic mass is 16.2. The Balaban J connectivity index is 2.13. The number of carbonyl (C=O) groups excluding carboxylic acids is 3. The molecular formula is C24H30N2O3. The average molecular weight is 395 g/mol. The molecule has 2 aromatic carbocycles. The summed E-state index contributed by atoms with van der Waals surface area (Å²) in [5.41, 5.74) is 2.70. The second-order valence-electron chi connectivity index (χ2n) is 8.65. The van der Waals surface area contributed by atoms with E-state index in [0.717, 1.165) is 5.56 Å². The maximum Gasteiger partial charge on any atom is 0.251 e. The molecule has 5 heteroatoms. The third-order valence-corrected chi connectivity index (χ3v) is 4.79. The quantitative estimate of drug-likeness (QED) is 0.704. The summed E-state index contributed by atoms with van der Waals surface area (Å²) in [6, 6.07) is 13.5. The molecule has 0 aliphatic heterocycles. The van der Waals surface area contributed by atoms with Crippen molar-refractivity contribution in [3.05, 3.63) is 65.2 Å². The average Bonchev–Trinajstić information content (AvgIpc) is 2.65. The lowest BCUT2D eigenvalue weighted by Gasteiger charge is -2.22. The normalized spacial score (nSPS) is 12.4. The molecule has 0 bridgehead atoms. The summed E-state index contributed by atoms with van der Waals surface area (Å²) in [6.07, 6.45) is 0. The highest BCUT2D eigenvalue weighted by Crippen LogP contribution is 2.22. The van der Waals surface area contributed by atoms with E-state index in [9.17, 15) is 14.4 Å². The highest BCUT2D eigenvalue weighted by molar-refractivity contribution is 6.02. The fourth-order valence-electron chi connectivity index (χ4n) is 2.92. The van der Waals surface area contributed by atoms with Crippen LogP contribution < -0.4 is 10.6 Å². The summed E-state index contributed by atoms with van der Waals surface area (Å²) < 4.78 is 0. The standard InChI is InChI=1S/C24H30N2O3/c1-15(2)21(23(29)25-20-9-7-8-18(14-20)16(3)27)26-22(28)17-10-12-19(13-11-17)24(4,5)6/h7-15,21H,1-6H3,(H,25,29)(H,26,28)/t21-/m1/s1. The molecule has 0 saturated heterocycles. The Morgan fingerprint density at radius 2 is 1.52 bits per heavy atom. The summed E-state index contributed by atoms with van der Waals surface area (Å²) in [5, 5.41) is 5.63. The van der Waals surface area contributed by atoms with Crippen molar-refractivity contribution in [2.75, 3.05) is 5.32 Å². The second kappa shape index (κ2) is 9.03. The van der Waals surface area contributed by atoms with E-state index in [1.165, 1.54) is 6.92 Å². The first-order valence-electron chi connectivity index (χ1n) is 9.82. The lowest BCUT2D eigenvalue weighted by Crippen LogP contribution is -2.47. The minimum atomic E-state index is -0.703. The molecule has 0 spiro atoms. The van der Waals surface area contributed by atoms with Gasteiger partial charge in [-0.25, -0.2) is 0 Å². The van der Waals surface area contributed by atoms with Crippen LogP contribution in [0.5, 0.6) is 0 Å². The molecular weight excluding hydrogens is 364 g/mol. The molecule has 0 aliphatic rings. The minimum absolute atomic E-state index is 0.00374. The molecule has 0 unspecified atom stereocenters. The van der Waals surface area contributed by atoms with Gasteiger partial charge in [0.1, 0.15) is 6.04 Å². The molecule has 154 valence electrons. The van der Waals surface area contributed by atoms with E-state index in [4.69, 9.17) is 0 Å². The number of ketones is 1. The van der Waals surface area contributed by atoms with Crippen LogP contribution in [0.2, 0.25) is 0 Å². The molecule has 0 saturated carbocycles. The Hall–Kier alpha value is -2.95. The summed E-state index contributed by atoms with van der Waals surface area (Å²) in [4.78, 5) is 37.0. The Bertz CT molecular complexity index is 893. The van der Waals surface area contributed by atoms with Crippen molar-refractivity contribution in [3.63, 3.8) is 0 Å². The van der Waals surface area contributed by atoms with Gasteiger partial charge in [0.15, 0.2) is 5.78 Å². The summed E-state index contributed by atoms with van der Waals surface area (Å²) in [7, 11) is 0. The first-order valence-corrected chi connectivity index (χ1v) is 9.82. The van der Waals surface area contributed by atoms with E-state index in [1.54, 1.807) is 36.4 Å². The molecule has 2 rings (SSSR count). The number of benzene rings is 2. The van der Waals surface area contributed by atoms with E-state index in [-0.39, 0.29) is 28.9 Å². The third-order valence-electron chi connectivity index (χ3n) is 4.79. The van der Waals surface area contributed by atoms with Crippen LogP contribution in [0.4, 0.5) is 5.69 Å². The number of hydrogen-bond acceptors (Lipinski definition) is 3. The number of Topliss-reactive ketones (excluding diaryl/α,β-unsaturated/α-hetero) is 1. The first kappa shape index (κ1) is 22.3. The van der Waals surface area contributed by atoms with Gasteiger partial charge < -0.3 is 10.6 Å². The molecule has 0 aromatic heterocycles. The minimum Gasteiger partial charge on any atom is -0.340 e. The largest absolute Gasteiger partial charge is 0.340 e. The van der Waals surface area contributed by atoms with Crippen molar-refractivity contribution in [2.24, 2.45) is 5.92 Å². The highest BCUT2D eigenvalue weighted by Gasteiger charge is 2.25. The van der Waals surface area contributed by atoms with Crippen molar-refractivity contribution in [1.29, 1.82) is 0 Å². The number of hydrogen-bond donors (Lipinski definition) is 2. The van der Waals surface area contributed by atoms with Crippen LogP contribution in [0.1, 0.15) is 67.8 Å². The Morgan fingerprint density at radius 3 is 2.03 bits per heavy atom. The van der Waals surface area contributed by atoms with Gasteiger partial charge in [0.25, 0.3) is 5.91 Å². The maximum absolute atomic E-state index is 12.8. The van der Waals surface area contributed by atoms with Crippen molar-refractivity contribution < 1.29 is 14.4 Å². The Kier molecular flexibility index (Phi) is 6.96. The van der Waals surface area contributed by atoms with Gasteiger partial charge in [-0.2, -0.15) is 0 Å². The first-order chi connectivity index (χ1) is 13.5. The summed E-state index contributed by atoms with van der Waals surface area (Å²) >= 11 is 0. The second-order valence-corrected chi connectivity index (χ2v) is 8.65. The summed E-state index contributed by atoms with van der Waals surface area (Å²) in [5.74, 6) is -0.797. The van der Waals surface area contributed by atoms with E-state index in [0.29, 0.717) is 16.8 Å². The van der Waals surface area contributed by atoms with Crippen LogP contribution in [0, 0.1) is 5.92 Å². The SMILES string of the molecule is CC(=O)c1cccc(NC(=O)[C@H](NC(=O)c2ccc(C(C)(C)C)cc2)C(C)C)c1. The van der Waals surface area contributed by atoms with Crippen LogP contribution in [0.25, 0.3) is 0 Å². The number of amides is 2. The molecule has 0 fully saturated rings. The van der Waals surface area contributed by atoms with Crippen molar-refractivity contribution in [1.82, 2.24) is 5.32 Å². The number of carbonyl (C=O) groups is 3. The molecule has 0 radical (unpaired) electrons. The van der Waals surface area contributed by atoms with Gasteiger partial charge in [0.05, 0.1) is 0 Å². The predicted octanol–water partition coefficient (Wildman–Crippen LogP) is 4.58. The van der Waals surface area contributed by atoms with Gasteiger partial charge in [0.2, 0.25) is 5.91 Å². The topological polar surface area (TPSA) is 75.3 Å². The molecule has 0 aliphatic carbocycles. The fourth-order valence-corrected chi connectivity index (χ4v) is 2.92. The van der Waals surface area contributed by atoms with Gasteiger partial charge in [0, 0.05) is 16.8 Å². The van der Waals surface area contributed by atoms with Gasteiger partial charge in [-0.3, -0.25) is 14.4 Å². The third kappa shape index (κ3) is 6.01. The molecule has 1 atom stereocenters. The zero-order chi connectivity index (χ0) is 21.8. The molecule has 0 heterocycles. The zero-order valence-corrected chi connectivity index (χ0v) is 18.0. The van der Waals surface area contributed by atoms with Gasteiger partial charge in [-0.05, 0) is 48.1 Å². The van der Waals surface area contributed by atoms with Crippen LogP contribution in [-0.4, -0.2) is 23.6 Å². The van der Waals surface area contributed by atoms with Crippen molar-refractivity contribution >= 4 is 23.3 Å². The molecule has 2 amide bonds. The van der Waals surface area contributed by atoms with Crippen LogP contribution >= 0.6 is 0 Å². The predicted molar refractivity (Wildman–Crippen MR) is 116 cm³/mol. The molecule has 5 nitrogen and oxygen atoms in total. The Labute approximate surface area is 172 Å². The van der Waals surface area contributed by atoms with Gasteiger partial charge in [-0.15, -0.1) is 0 Å². The Morgan fingerprint density at radius 1 is 0.897 bits per heavy atom. The number of rotatable bonds is 6. The van der Waals surface area contributed by atoms with Gasteiger partial charge in [-0.1, -0.05) is 58.9 Å². The zero-order valence-electron chi connectivity index (χ0n) is 18.0. The van der Waals surface area contributed by atoms with E-state index >= 15 is 0 Å². The van der Waals surface area contributed by atoms with E-state index < -0.39 is 6.04 Å². The molecule has 2 N–H and O–H groups in total. The van der Waals surface area contributed by atoms with Crippen molar-refractivity contribution in [3.8, 4) is 0 Å². The smallest absolute Gasteiger partial charge is 0.251 e. The van der Waals surface area contributed by atoms with Crippen LogP contribution in [0.3, 0.4) is 0 Å². The number of nitrogens with one attached hydrogen (secondary N) is 2. The van der Waals surface area contributed by atoms with Crippen molar-refractivity contribution in [2.45, 2.75) is 53.0 Å². The molecule has 2 aromatic rings. The summed E-state index contributed by atoms with van der Waals surface area (Å²) in [6.45, 7) is 11.6. The lowest BCUT2D eigenvalue weighted by molar-refractivity contribution is -0.118. The van der Waals surface area contributed by atoms with E-state index in [1.807, 2.05) is 26.0 Å². The lowest BCUT2D eigenvalue weighted by atomic mass is 9.86. The molecule has 29 heavy (non-hydrogen) atoms. The van der Waals surface area contributed by atoms with Crippen LogP contribution in [-0.2, 0) is 10.2 Å². The number of anilines is 1. The monoisotopic (exact) mass is 394 g/mol.